The molecule has 3 aromatic rings. The molecule has 0 unspecified atom stereocenters. The second-order valence-corrected chi connectivity index (χ2v) is 5.81. The zero-order valence-electron chi connectivity index (χ0n) is 12.0. The van der Waals surface area contributed by atoms with Crippen molar-refractivity contribution in [3.05, 3.63) is 54.2 Å². The largest absolute Gasteiger partial charge is 0.361 e. The summed E-state index contributed by atoms with van der Waals surface area (Å²) in [6, 6.07) is 9.18. The van der Waals surface area contributed by atoms with E-state index in [1.54, 1.807) is 0 Å². The highest BCUT2D eigenvalue weighted by Gasteiger charge is 2.24. The third-order valence-corrected chi connectivity index (χ3v) is 4.24. The first kappa shape index (κ1) is 12.7. The Morgan fingerprint density at radius 3 is 3.10 bits per heavy atom. The van der Waals surface area contributed by atoms with Crippen molar-refractivity contribution in [1.29, 1.82) is 0 Å². The first-order valence-corrected chi connectivity index (χ1v) is 7.68. The lowest BCUT2D eigenvalue weighted by molar-refractivity contribution is 0.621. The van der Waals surface area contributed by atoms with Gasteiger partial charge in [-0.2, -0.15) is 0 Å². The Kier molecular flexibility index (Phi) is 3.24. The number of hydrogen-bond acceptors (Lipinski definition) is 2. The summed E-state index contributed by atoms with van der Waals surface area (Å²) in [5.41, 5.74) is 3.91. The molecular weight excluding hydrogens is 260 g/mol. The summed E-state index contributed by atoms with van der Waals surface area (Å²) in [5.74, 6) is 0. The van der Waals surface area contributed by atoms with E-state index in [-0.39, 0.29) is 0 Å². The lowest BCUT2D eigenvalue weighted by Gasteiger charge is -2.07. The number of benzene rings is 1. The lowest BCUT2D eigenvalue weighted by Crippen LogP contribution is -2.18. The molecule has 2 aromatic heterocycles. The summed E-state index contributed by atoms with van der Waals surface area (Å²) >= 11 is 0. The van der Waals surface area contributed by atoms with Crippen molar-refractivity contribution in [3.8, 4) is 0 Å². The van der Waals surface area contributed by atoms with Crippen molar-refractivity contribution in [1.82, 2.24) is 19.9 Å². The van der Waals surface area contributed by atoms with Crippen molar-refractivity contribution in [2.45, 2.75) is 31.8 Å². The number of nitrogens with zero attached hydrogens (tertiary/aromatic N) is 2. The molecule has 108 valence electrons. The van der Waals surface area contributed by atoms with Gasteiger partial charge in [-0.25, -0.2) is 4.98 Å². The average Bonchev–Trinajstić information content (AvgIpc) is 3.11. The number of rotatable bonds is 6. The summed E-state index contributed by atoms with van der Waals surface area (Å²) in [6.45, 7) is 1.89. The fraction of sp³-hybridized carbons (Fsp3) is 0.353. The van der Waals surface area contributed by atoms with Gasteiger partial charge >= 0.3 is 0 Å². The highest BCUT2D eigenvalue weighted by molar-refractivity contribution is 5.83. The van der Waals surface area contributed by atoms with E-state index in [9.17, 15) is 0 Å². The van der Waals surface area contributed by atoms with Gasteiger partial charge in [0.1, 0.15) is 0 Å². The zero-order chi connectivity index (χ0) is 14.1. The van der Waals surface area contributed by atoms with Gasteiger partial charge < -0.3 is 14.9 Å². The Bertz CT molecular complexity index is 736. The Morgan fingerprint density at radius 1 is 1.29 bits per heavy atom. The molecule has 0 spiro atoms. The minimum Gasteiger partial charge on any atom is -0.361 e. The first-order chi connectivity index (χ1) is 10.4. The van der Waals surface area contributed by atoms with E-state index in [2.05, 4.69) is 50.3 Å². The SMILES string of the molecule is c1ccc2c(CCNCc3cncn3C3CC3)c[nH]c2c1. The van der Waals surface area contributed by atoms with E-state index in [0.29, 0.717) is 6.04 Å². The maximum absolute atomic E-state index is 4.27. The van der Waals surface area contributed by atoms with Crippen LogP contribution in [0.4, 0.5) is 0 Å². The molecule has 0 amide bonds. The quantitative estimate of drug-likeness (QED) is 0.682. The van der Waals surface area contributed by atoms with Gasteiger partial charge in [-0.05, 0) is 37.4 Å². The fourth-order valence-corrected chi connectivity index (χ4v) is 2.93. The maximum atomic E-state index is 4.27. The summed E-state index contributed by atoms with van der Waals surface area (Å²) in [4.78, 5) is 7.60. The number of aromatic amines is 1. The van der Waals surface area contributed by atoms with Gasteiger partial charge in [-0.1, -0.05) is 18.2 Å². The van der Waals surface area contributed by atoms with Crippen LogP contribution in [0.15, 0.2) is 43.0 Å². The molecule has 1 aliphatic rings. The Morgan fingerprint density at radius 2 is 2.19 bits per heavy atom. The number of fused-ring (bicyclic) bond motifs is 1. The average molecular weight is 280 g/mol. The monoisotopic (exact) mass is 280 g/mol. The van der Waals surface area contributed by atoms with Crippen LogP contribution in [0.5, 0.6) is 0 Å². The molecule has 1 fully saturated rings. The third kappa shape index (κ3) is 2.59. The van der Waals surface area contributed by atoms with E-state index in [0.717, 1.165) is 19.5 Å². The Balaban J connectivity index is 1.34. The predicted octanol–water partition coefficient (Wildman–Crippen LogP) is 3.03. The Hall–Kier alpha value is -2.07. The molecule has 0 radical (unpaired) electrons. The second kappa shape index (κ2) is 5.37. The first-order valence-electron chi connectivity index (χ1n) is 7.68. The molecule has 0 atom stereocenters. The molecule has 2 heterocycles. The van der Waals surface area contributed by atoms with Crippen LogP contribution < -0.4 is 5.32 Å². The van der Waals surface area contributed by atoms with Gasteiger partial charge in [-0.15, -0.1) is 0 Å². The van der Waals surface area contributed by atoms with Crippen LogP contribution >= 0.6 is 0 Å². The standard InChI is InChI=1S/C17H20N4/c1-2-4-17-16(3-1)13(9-20-17)7-8-18-10-15-11-19-12-21(15)14-5-6-14/h1-4,9,11-12,14,18,20H,5-8,10H2. The molecule has 1 aromatic carbocycles. The minimum atomic E-state index is 0.706. The molecular formula is C17H20N4. The van der Waals surface area contributed by atoms with E-state index in [4.69, 9.17) is 0 Å². The zero-order valence-corrected chi connectivity index (χ0v) is 12.0. The van der Waals surface area contributed by atoms with Crippen molar-refractivity contribution in [2.75, 3.05) is 6.54 Å². The number of aromatic nitrogens is 3. The van der Waals surface area contributed by atoms with Gasteiger partial charge in [0.25, 0.3) is 0 Å². The van der Waals surface area contributed by atoms with E-state index in [1.807, 2.05) is 12.5 Å². The lowest BCUT2D eigenvalue weighted by atomic mass is 10.1. The molecule has 0 saturated heterocycles. The van der Waals surface area contributed by atoms with Gasteiger partial charge in [0.15, 0.2) is 0 Å². The number of H-pyrrole nitrogens is 1. The van der Waals surface area contributed by atoms with Crippen LogP contribution in [0.25, 0.3) is 10.9 Å². The number of nitrogens with one attached hydrogen (secondary N) is 2. The number of imidazole rings is 1. The van der Waals surface area contributed by atoms with E-state index >= 15 is 0 Å². The number of hydrogen-bond donors (Lipinski definition) is 2. The normalized spacial score (nSPS) is 14.9. The molecule has 2 N–H and O–H groups in total. The maximum Gasteiger partial charge on any atom is 0.0951 e. The second-order valence-electron chi connectivity index (χ2n) is 5.81. The van der Waals surface area contributed by atoms with Crippen LogP contribution in [0.2, 0.25) is 0 Å². The summed E-state index contributed by atoms with van der Waals surface area (Å²) in [5, 5.41) is 4.87. The molecule has 4 heteroatoms. The van der Waals surface area contributed by atoms with Gasteiger partial charge in [0, 0.05) is 35.9 Å². The molecule has 21 heavy (non-hydrogen) atoms. The van der Waals surface area contributed by atoms with Crippen LogP contribution in [0.3, 0.4) is 0 Å². The van der Waals surface area contributed by atoms with Crippen molar-refractivity contribution in [3.63, 3.8) is 0 Å². The molecule has 1 saturated carbocycles. The summed E-state index contributed by atoms with van der Waals surface area (Å²) in [7, 11) is 0. The van der Waals surface area contributed by atoms with Gasteiger partial charge in [-0.3, -0.25) is 0 Å². The Labute approximate surface area is 124 Å². The smallest absolute Gasteiger partial charge is 0.0951 e. The molecule has 4 rings (SSSR count). The van der Waals surface area contributed by atoms with E-state index < -0.39 is 0 Å². The summed E-state index contributed by atoms with van der Waals surface area (Å²) < 4.78 is 2.32. The van der Waals surface area contributed by atoms with Gasteiger partial charge in [0.05, 0.1) is 12.0 Å². The highest BCUT2D eigenvalue weighted by atomic mass is 15.1. The van der Waals surface area contributed by atoms with Crippen molar-refractivity contribution < 1.29 is 0 Å². The van der Waals surface area contributed by atoms with E-state index in [1.165, 1.54) is 35.0 Å². The predicted molar refractivity (Wildman–Crippen MR) is 84.2 cm³/mol. The van der Waals surface area contributed by atoms with Crippen molar-refractivity contribution in [2.24, 2.45) is 0 Å². The van der Waals surface area contributed by atoms with Gasteiger partial charge in [0.2, 0.25) is 0 Å². The minimum absolute atomic E-state index is 0.706. The number of para-hydroxylation sites is 1. The van der Waals surface area contributed by atoms with Crippen LogP contribution in [0, 0.1) is 0 Å². The van der Waals surface area contributed by atoms with Crippen LogP contribution in [0.1, 0.15) is 30.1 Å². The summed E-state index contributed by atoms with van der Waals surface area (Å²) in [6.07, 6.45) is 9.73. The highest BCUT2D eigenvalue weighted by Crippen LogP contribution is 2.35. The fourth-order valence-electron chi connectivity index (χ4n) is 2.93. The molecule has 0 aliphatic heterocycles. The molecule has 0 bridgehead atoms. The molecule has 1 aliphatic carbocycles. The van der Waals surface area contributed by atoms with Crippen LogP contribution in [-0.4, -0.2) is 21.1 Å². The van der Waals surface area contributed by atoms with Crippen molar-refractivity contribution >= 4 is 10.9 Å². The molecule has 4 nitrogen and oxygen atoms in total. The van der Waals surface area contributed by atoms with Crippen LogP contribution in [-0.2, 0) is 13.0 Å². The third-order valence-electron chi connectivity index (χ3n) is 4.24. The topological polar surface area (TPSA) is 45.6 Å².